The van der Waals surface area contributed by atoms with Crippen LogP contribution in [-0.4, -0.2) is 20.4 Å². The summed E-state index contributed by atoms with van der Waals surface area (Å²) in [6, 6.07) is 12.4. The minimum Gasteiger partial charge on any atom is -0.494 e. The lowest BCUT2D eigenvalue weighted by Gasteiger charge is -2.16. The van der Waals surface area contributed by atoms with Gasteiger partial charge in [-0.05, 0) is 37.1 Å². The minimum atomic E-state index is -0.774. The van der Waals surface area contributed by atoms with Gasteiger partial charge < -0.3 is 5.11 Å². The van der Waals surface area contributed by atoms with Crippen molar-refractivity contribution in [1.82, 2.24) is 4.57 Å². The molecule has 8 nitrogen and oxygen atoms in total. The molecule has 0 spiro atoms. The van der Waals surface area contributed by atoms with E-state index in [0.717, 1.165) is 16.2 Å². The first kappa shape index (κ1) is 21.7. The van der Waals surface area contributed by atoms with Gasteiger partial charge in [0, 0.05) is 11.6 Å². The number of nitro benzene ring substituents is 1. The van der Waals surface area contributed by atoms with Gasteiger partial charge in [-0.1, -0.05) is 41.4 Å². The van der Waals surface area contributed by atoms with Gasteiger partial charge in [-0.15, -0.1) is 0 Å². The fourth-order valence-corrected chi connectivity index (χ4v) is 3.37. The Balaban J connectivity index is 2.21. The number of carbonyl (C=O) groups is 1. The van der Waals surface area contributed by atoms with Crippen LogP contribution in [0.3, 0.4) is 0 Å². The number of nitro groups is 1. The monoisotopic (exact) mass is 437 g/mol. The molecule has 0 atom stereocenters. The third-order valence-corrected chi connectivity index (χ3v) is 5.21. The molecule has 0 radical (unpaired) electrons. The molecule has 156 valence electrons. The van der Waals surface area contributed by atoms with Crippen LogP contribution in [0.25, 0.3) is 0 Å². The summed E-state index contributed by atoms with van der Waals surface area (Å²) in [5.41, 5.74) is -0.225. The summed E-state index contributed by atoms with van der Waals surface area (Å²) in [5.74, 6) is -1.39. The standard InChI is InChI=1S/C22H16ClN3O5/c1-12-3-5-14(6-4-12)11-25-21(28)16(10-24)13(2)19(22(25)29)20(27)15-7-8-17(23)18(9-15)26(30)31/h3-9,29H,11H2,1-2H3. The van der Waals surface area contributed by atoms with Gasteiger partial charge in [-0.25, -0.2) is 0 Å². The molecule has 0 fully saturated rings. The van der Waals surface area contributed by atoms with E-state index < -0.39 is 27.8 Å². The average Bonchev–Trinajstić information content (AvgIpc) is 2.73. The summed E-state index contributed by atoms with van der Waals surface area (Å²) in [6.07, 6.45) is 0. The lowest BCUT2D eigenvalue weighted by Crippen LogP contribution is -2.27. The van der Waals surface area contributed by atoms with Crippen LogP contribution in [0.5, 0.6) is 5.88 Å². The third-order valence-electron chi connectivity index (χ3n) is 4.89. The number of aromatic hydroxyl groups is 1. The van der Waals surface area contributed by atoms with Gasteiger partial charge in [0.15, 0.2) is 5.78 Å². The van der Waals surface area contributed by atoms with Crippen molar-refractivity contribution in [1.29, 1.82) is 5.26 Å². The summed E-state index contributed by atoms with van der Waals surface area (Å²) in [4.78, 5) is 36.4. The molecule has 0 unspecified atom stereocenters. The number of rotatable bonds is 5. The molecular weight excluding hydrogens is 422 g/mol. The van der Waals surface area contributed by atoms with E-state index >= 15 is 0 Å². The number of ketones is 1. The zero-order valence-corrected chi connectivity index (χ0v) is 17.3. The van der Waals surface area contributed by atoms with Crippen molar-refractivity contribution in [2.24, 2.45) is 0 Å². The first-order valence-corrected chi connectivity index (χ1v) is 9.44. The highest BCUT2D eigenvalue weighted by Gasteiger charge is 2.26. The summed E-state index contributed by atoms with van der Waals surface area (Å²) in [7, 11) is 0. The Bertz CT molecular complexity index is 1320. The lowest BCUT2D eigenvalue weighted by atomic mass is 9.96. The fourth-order valence-electron chi connectivity index (χ4n) is 3.18. The number of benzene rings is 2. The first-order chi connectivity index (χ1) is 14.6. The van der Waals surface area contributed by atoms with Gasteiger partial charge in [-0.3, -0.25) is 24.3 Å². The molecule has 3 aromatic rings. The molecule has 0 aliphatic rings. The molecule has 0 amide bonds. The smallest absolute Gasteiger partial charge is 0.288 e. The van der Waals surface area contributed by atoms with Gasteiger partial charge in [-0.2, -0.15) is 5.26 Å². The van der Waals surface area contributed by atoms with Crippen LogP contribution < -0.4 is 5.56 Å². The normalized spacial score (nSPS) is 10.5. The summed E-state index contributed by atoms with van der Waals surface area (Å²) < 4.78 is 0.938. The fraction of sp³-hybridized carbons (Fsp3) is 0.136. The number of aromatic nitrogens is 1. The number of carbonyl (C=O) groups excluding carboxylic acids is 1. The number of nitrogens with zero attached hydrogens (tertiary/aromatic N) is 3. The predicted octanol–water partition coefficient (Wildman–Crippen LogP) is 3.88. The van der Waals surface area contributed by atoms with E-state index in [1.54, 1.807) is 18.2 Å². The predicted molar refractivity (Wildman–Crippen MR) is 114 cm³/mol. The minimum absolute atomic E-state index is 0.00670. The Hall–Kier alpha value is -3.96. The second-order valence-corrected chi connectivity index (χ2v) is 7.35. The number of hydrogen-bond donors (Lipinski definition) is 1. The molecule has 0 aliphatic heterocycles. The summed E-state index contributed by atoms with van der Waals surface area (Å²) in [6.45, 7) is 3.20. The van der Waals surface area contributed by atoms with Crippen LogP contribution in [0.2, 0.25) is 5.02 Å². The molecule has 9 heteroatoms. The van der Waals surface area contributed by atoms with Crippen molar-refractivity contribution in [2.45, 2.75) is 20.4 Å². The van der Waals surface area contributed by atoms with Gasteiger partial charge in [0.1, 0.15) is 16.7 Å². The van der Waals surface area contributed by atoms with Crippen molar-refractivity contribution < 1.29 is 14.8 Å². The maximum atomic E-state index is 13.2. The van der Waals surface area contributed by atoms with E-state index in [9.17, 15) is 30.1 Å². The summed E-state index contributed by atoms with van der Waals surface area (Å²) >= 11 is 5.81. The zero-order valence-electron chi connectivity index (χ0n) is 16.5. The first-order valence-electron chi connectivity index (χ1n) is 9.06. The van der Waals surface area contributed by atoms with Crippen molar-refractivity contribution in [3.05, 3.63) is 101 Å². The SMILES string of the molecule is Cc1ccc(Cn2c(O)c(C(=O)c3ccc(Cl)c([N+](=O)[O-])c3)c(C)c(C#N)c2=O)cc1. The molecule has 3 rings (SSSR count). The molecule has 2 aromatic carbocycles. The van der Waals surface area contributed by atoms with E-state index in [0.29, 0.717) is 5.56 Å². The van der Waals surface area contributed by atoms with E-state index in [1.807, 2.05) is 19.1 Å². The number of pyridine rings is 1. The summed E-state index contributed by atoms with van der Waals surface area (Å²) in [5, 5.41) is 31.3. The largest absolute Gasteiger partial charge is 0.494 e. The molecule has 31 heavy (non-hydrogen) atoms. The quantitative estimate of drug-likeness (QED) is 0.366. The molecule has 1 aromatic heterocycles. The Kier molecular flexibility index (Phi) is 5.90. The second-order valence-electron chi connectivity index (χ2n) is 6.94. The van der Waals surface area contributed by atoms with Crippen LogP contribution >= 0.6 is 11.6 Å². The maximum Gasteiger partial charge on any atom is 0.288 e. The van der Waals surface area contributed by atoms with Crippen LogP contribution in [0.4, 0.5) is 5.69 Å². The topological polar surface area (TPSA) is 126 Å². The Morgan fingerprint density at radius 2 is 1.87 bits per heavy atom. The molecule has 1 heterocycles. The van der Waals surface area contributed by atoms with Crippen LogP contribution in [0.15, 0.2) is 47.3 Å². The Labute approximate surface area is 181 Å². The molecule has 0 saturated heterocycles. The molecule has 0 saturated carbocycles. The number of aryl methyl sites for hydroxylation is 1. The van der Waals surface area contributed by atoms with Crippen LogP contribution in [-0.2, 0) is 6.54 Å². The second kappa shape index (κ2) is 8.42. The highest BCUT2D eigenvalue weighted by atomic mass is 35.5. The lowest BCUT2D eigenvalue weighted by molar-refractivity contribution is -0.384. The van der Waals surface area contributed by atoms with E-state index in [1.165, 1.54) is 19.1 Å². The van der Waals surface area contributed by atoms with Gasteiger partial charge in [0.25, 0.3) is 11.2 Å². The average molecular weight is 438 g/mol. The van der Waals surface area contributed by atoms with Gasteiger partial charge in [0.2, 0.25) is 5.88 Å². The Morgan fingerprint density at radius 1 is 1.23 bits per heavy atom. The highest BCUT2D eigenvalue weighted by molar-refractivity contribution is 6.32. The van der Waals surface area contributed by atoms with Crippen molar-refractivity contribution >= 4 is 23.1 Å². The van der Waals surface area contributed by atoms with E-state index in [4.69, 9.17) is 11.6 Å². The van der Waals surface area contributed by atoms with Crippen molar-refractivity contribution in [2.75, 3.05) is 0 Å². The van der Waals surface area contributed by atoms with Crippen molar-refractivity contribution in [3.63, 3.8) is 0 Å². The zero-order chi connectivity index (χ0) is 22.9. The van der Waals surface area contributed by atoms with E-state index in [2.05, 4.69) is 0 Å². The molecule has 0 bridgehead atoms. The van der Waals surface area contributed by atoms with Gasteiger partial charge >= 0.3 is 0 Å². The maximum absolute atomic E-state index is 13.2. The molecule has 1 N–H and O–H groups in total. The Morgan fingerprint density at radius 3 is 2.45 bits per heavy atom. The van der Waals surface area contributed by atoms with Crippen LogP contribution in [0.1, 0.15) is 38.2 Å². The molecular formula is C22H16ClN3O5. The van der Waals surface area contributed by atoms with Crippen molar-refractivity contribution in [3.8, 4) is 11.9 Å². The number of hydrogen-bond acceptors (Lipinski definition) is 6. The third kappa shape index (κ3) is 4.04. The van der Waals surface area contributed by atoms with E-state index in [-0.39, 0.29) is 33.8 Å². The number of nitriles is 1. The van der Waals surface area contributed by atoms with Gasteiger partial charge in [0.05, 0.1) is 17.0 Å². The number of halogens is 1. The molecule has 0 aliphatic carbocycles. The highest BCUT2D eigenvalue weighted by Crippen LogP contribution is 2.30. The van der Waals surface area contributed by atoms with Crippen LogP contribution in [0, 0.1) is 35.3 Å².